The number of halogens is 3. The number of rotatable bonds is 9. The van der Waals surface area contributed by atoms with E-state index in [4.69, 9.17) is 14.6 Å². The second kappa shape index (κ2) is 8.74. The minimum absolute atomic E-state index is 0.0771. The van der Waals surface area contributed by atoms with Gasteiger partial charge >= 0.3 is 6.18 Å². The largest absolute Gasteiger partial charge is 0.490 e. The Morgan fingerprint density at radius 3 is 2.57 bits per heavy atom. The number of aliphatic hydroxyl groups excluding tert-OH is 1. The Morgan fingerprint density at radius 2 is 1.95 bits per heavy atom. The van der Waals surface area contributed by atoms with Gasteiger partial charge in [0.15, 0.2) is 18.1 Å². The van der Waals surface area contributed by atoms with Crippen molar-refractivity contribution < 1.29 is 27.8 Å². The van der Waals surface area contributed by atoms with Gasteiger partial charge in [0.25, 0.3) is 0 Å². The van der Waals surface area contributed by atoms with Crippen LogP contribution in [-0.2, 0) is 6.54 Å². The molecule has 120 valence electrons. The lowest BCUT2D eigenvalue weighted by molar-refractivity contribution is -0.153. The van der Waals surface area contributed by atoms with Gasteiger partial charge in [0.05, 0.1) is 6.61 Å². The van der Waals surface area contributed by atoms with Crippen molar-refractivity contribution in [3.8, 4) is 11.5 Å². The van der Waals surface area contributed by atoms with Gasteiger partial charge in [-0.05, 0) is 37.6 Å². The molecule has 0 aliphatic carbocycles. The van der Waals surface area contributed by atoms with Crippen molar-refractivity contribution in [3.05, 3.63) is 23.8 Å². The smallest absolute Gasteiger partial charge is 0.422 e. The molecule has 0 spiro atoms. The monoisotopic (exact) mass is 307 g/mol. The van der Waals surface area contributed by atoms with Gasteiger partial charge < -0.3 is 19.9 Å². The zero-order valence-corrected chi connectivity index (χ0v) is 11.9. The van der Waals surface area contributed by atoms with E-state index in [1.54, 1.807) is 19.1 Å². The molecule has 1 aromatic rings. The fourth-order valence-electron chi connectivity index (χ4n) is 1.65. The highest BCUT2D eigenvalue weighted by Crippen LogP contribution is 2.30. The Labute approximate surface area is 121 Å². The van der Waals surface area contributed by atoms with Crippen LogP contribution in [0.1, 0.15) is 18.9 Å². The molecule has 0 aromatic heterocycles. The lowest BCUT2D eigenvalue weighted by Gasteiger charge is -2.14. The molecule has 0 amide bonds. The summed E-state index contributed by atoms with van der Waals surface area (Å²) < 4.78 is 46.6. The molecule has 0 heterocycles. The highest BCUT2D eigenvalue weighted by Gasteiger charge is 2.29. The van der Waals surface area contributed by atoms with Gasteiger partial charge in [-0.25, -0.2) is 0 Å². The second-order valence-corrected chi connectivity index (χ2v) is 4.37. The molecule has 0 saturated carbocycles. The third-order valence-electron chi connectivity index (χ3n) is 2.54. The highest BCUT2D eigenvalue weighted by molar-refractivity contribution is 5.43. The van der Waals surface area contributed by atoms with E-state index in [0.717, 1.165) is 5.56 Å². The van der Waals surface area contributed by atoms with Gasteiger partial charge in [0, 0.05) is 13.2 Å². The average molecular weight is 307 g/mol. The fraction of sp³-hybridized carbons (Fsp3) is 0.571. The molecule has 0 unspecified atom stereocenters. The number of ether oxygens (including phenoxy) is 2. The number of benzene rings is 1. The van der Waals surface area contributed by atoms with E-state index >= 15 is 0 Å². The summed E-state index contributed by atoms with van der Waals surface area (Å²) in [7, 11) is 0. The third-order valence-corrected chi connectivity index (χ3v) is 2.54. The summed E-state index contributed by atoms with van der Waals surface area (Å²) in [6.45, 7) is 2.05. The quantitative estimate of drug-likeness (QED) is 0.688. The van der Waals surface area contributed by atoms with Gasteiger partial charge in [-0.3, -0.25) is 0 Å². The van der Waals surface area contributed by atoms with Crippen molar-refractivity contribution in [2.75, 3.05) is 26.4 Å². The highest BCUT2D eigenvalue weighted by atomic mass is 19.4. The predicted octanol–water partition coefficient (Wildman–Crippen LogP) is 2.50. The number of aliphatic hydroxyl groups is 1. The van der Waals surface area contributed by atoms with Gasteiger partial charge in [0.1, 0.15) is 0 Å². The Kier molecular flexibility index (Phi) is 7.31. The summed E-state index contributed by atoms with van der Waals surface area (Å²) in [5.41, 5.74) is 0.871. The average Bonchev–Trinajstić information content (AvgIpc) is 2.42. The molecule has 1 rings (SSSR count). The maximum atomic E-state index is 12.2. The third kappa shape index (κ3) is 7.19. The number of hydrogen-bond acceptors (Lipinski definition) is 4. The Balaban J connectivity index is 2.67. The summed E-state index contributed by atoms with van der Waals surface area (Å²) in [6, 6.07) is 4.81. The van der Waals surface area contributed by atoms with Gasteiger partial charge in [0.2, 0.25) is 0 Å². The number of alkyl halides is 3. The first-order chi connectivity index (χ1) is 9.96. The van der Waals surface area contributed by atoms with Crippen LogP contribution >= 0.6 is 0 Å². The Hall–Kier alpha value is -1.47. The molecule has 0 atom stereocenters. The van der Waals surface area contributed by atoms with Crippen LogP contribution in [0.2, 0.25) is 0 Å². The zero-order valence-electron chi connectivity index (χ0n) is 11.9. The topological polar surface area (TPSA) is 50.7 Å². The lowest BCUT2D eigenvalue weighted by Crippen LogP contribution is -2.19. The second-order valence-electron chi connectivity index (χ2n) is 4.37. The van der Waals surface area contributed by atoms with Gasteiger partial charge in [-0.1, -0.05) is 6.07 Å². The predicted molar refractivity (Wildman–Crippen MR) is 72.6 cm³/mol. The summed E-state index contributed by atoms with van der Waals surface area (Å²) in [5, 5.41) is 11.8. The first kappa shape index (κ1) is 17.6. The molecule has 2 N–H and O–H groups in total. The SMILES string of the molecule is CCOc1cc(CNCCCO)ccc1OCC(F)(F)F. The molecule has 0 radical (unpaired) electrons. The summed E-state index contributed by atoms with van der Waals surface area (Å²) in [6.07, 6.45) is -3.74. The minimum Gasteiger partial charge on any atom is -0.490 e. The number of nitrogens with one attached hydrogen (secondary N) is 1. The molecule has 0 bridgehead atoms. The minimum atomic E-state index is -4.38. The molecule has 0 aliphatic heterocycles. The van der Waals surface area contributed by atoms with Crippen molar-refractivity contribution in [3.63, 3.8) is 0 Å². The van der Waals surface area contributed by atoms with Crippen LogP contribution in [0.3, 0.4) is 0 Å². The zero-order chi connectivity index (χ0) is 15.7. The van der Waals surface area contributed by atoms with E-state index in [1.165, 1.54) is 6.07 Å². The van der Waals surface area contributed by atoms with Crippen LogP contribution < -0.4 is 14.8 Å². The van der Waals surface area contributed by atoms with Crippen molar-refractivity contribution in [1.29, 1.82) is 0 Å². The molecule has 4 nitrogen and oxygen atoms in total. The molecule has 21 heavy (non-hydrogen) atoms. The molecular formula is C14H20F3NO3. The van der Waals surface area contributed by atoms with Crippen LogP contribution in [0, 0.1) is 0 Å². The van der Waals surface area contributed by atoms with Crippen LogP contribution in [0.15, 0.2) is 18.2 Å². The van der Waals surface area contributed by atoms with E-state index in [2.05, 4.69) is 5.32 Å². The number of hydrogen-bond donors (Lipinski definition) is 2. The summed E-state index contributed by atoms with van der Waals surface area (Å²) >= 11 is 0. The Bertz CT molecular complexity index is 424. The molecule has 0 saturated heterocycles. The van der Waals surface area contributed by atoms with Crippen molar-refractivity contribution >= 4 is 0 Å². The van der Waals surface area contributed by atoms with Crippen molar-refractivity contribution in [2.45, 2.75) is 26.1 Å². The molecule has 1 aromatic carbocycles. The van der Waals surface area contributed by atoms with Crippen molar-refractivity contribution in [1.82, 2.24) is 5.32 Å². The molecular weight excluding hydrogens is 287 g/mol. The first-order valence-corrected chi connectivity index (χ1v) is 6.73. The maximum Gasteiger partial charge on any atom is 0.422 e. The maximum absolute atomic E-state index is 12.2. The van der Waals surface area contributed by atoms with Crippen LogP contribution in [-0.4, -0.2) is 37.6 Å². The van der Waals surface area contributed by atoms with Crippen LogP contribution in [0.4, 0.5) is 13.2 Å². The van der Waals surface area contributed by atoms with E-state index < -0.39 is 12.8 Å². The van der Waals surface area contributed by atoms with E-state index in [0.29, 0.717) is 31.9 Å². The van der Waals surface area contributed by atoms with Crippen molar-refractivity contribution in [2.24, 2.45) is 0 Å². The van der Waals surface area contributed by atoms with E-state index in [1.807, 2.05) is 0 Å². The van der Waals surface area contributed by atoms with E-state index in [-0.39, 0.29) is 12.4 Å². The lowest BCUT2D eigenvalue weighted by atomic mass is 10.2. The normalized spacial score (nSPS) is 11.5. The van der Waals surface area contributed by atoms with Crippen LogP contribution in [0.25, 0.3) is 0 Å². The summed E-state index contributed by atoms with van der Waals surface area (Å²) in [5.74, 6) is 0.372. The molecule has 7 heteroatoms. The van der Waals surface area contributed by atoms with Gasteiger partial charge in [-0.2, -0.15) is 13.2 Å². The standard InChI is InChI=1S/C14H20F3NO3/c1-2-20-13-8-11(9-18-6-3-7-19)4-5-12(13)21-10-14(15,16)17/h4-5,8,18-19H,2-3,6-7,9-10H2,1H3. The van der Waals surface area contributed by atoms with Gasteiger partial charge in [-0.15, -0.1) is 0 Å². The first-order valence-electron chi connectivity index (χ1n) is 6.73. The fourth-order valence-corrected chi connectivity index (χ4v) is 1.65. The Morgan fingerprint density at radius 1 is 1.19 bits per heavy atom. The summed E-state index contributed by atoms with van der Waals surface area (Å²) in [4.78, 5) is 0. The van der Waals surface area contributed by atoms with Crippen LogP contribution in [0.5, 0.6) is 11.5 Å². The molecule has 0 fully saturated rings. The van der Waals surface area contributed by atoms with E-state index in [9.17, 15) is 13.2 Å². The molecule has 0 aliphatic rings.